The molecule has 0 aromatic carbocycles. The van der Waals surface area contributed by atoms with E-state index in [4.69, 9.17) is 4.74 Å². The van der Waals surface area contributed by atoms with Crippen LogP contribution in [0.5, 0.6) is 0 Å². The van der Waals surface area contributed by atoms with E-state index >= 15 is 0 Å². The zero-order valence-electron chi connectivity index (χ0n) is 14.8. The number of nitrogens with zero attached hydrogens (tertiary/aromatic N) is 2. The van der Waals surface area contributed by atoms with Crippen LogP contribution in [0.25, 0.3) is 0 Å². The first-order chi connectivity index (χ1) is 11.2. The van der Waals surface area contributed by atoms with Gasteiger partial charge in [-0.1, -0.05) is 6.92 Å². The van der Waals surface area contributed by atoms with Crippen molar-refractivity contribution in [3.8, 4) is 0 Å². The van der Waals surface area contributed by atoms with Gasteiger partial charge in [0.25, 0.3) is 0 Å². The molecule has 0 radical (unpaired) electrons. The summed E-state index contributed by atoms with van der Waals surface area (Å²) in [6.07, 6.45) is 4.42. The maximum Gasteiger partial charge on any atom is 0.191 e. The number of guanidine groups is 1. The lowest BCUT2D eigenvalue weighted by molar-refractivity contribution is 0.127. The Morgan fingerprint density at radius 2 is 2.13 bits per heavy atom. The van der Waals surface area contributed by atoms with Crippen LogP contribution in [-0.2, 0) is 4.74 Å². The minimum Gasteiger partial charge on any atom is -0.396 e. The Labute approximate surface area is 140 Å². The molecule has 2 fully saturated rings. The normalized spacial score (nSPS) is 27.3. The van der Waals surface area contributed by atoms with Crippen LogP contribution in [0.15, 0.2) is 4.99 Å². The molecule has 23 heavy (non-hydrogen) atoms. The van der Waals surface area contributed by atoms with Gasteiger partial charge in [0.2, 0.25) is 0 Å². The van der Waals surface area contributed by atoms with Crippen LogP contribution in [0.3, 0.4) is 0 Å². The van der Waals surface area contributed by atoms with E-state index in [9.17, 15) is 5.11 Å². The summed E-state index contributed by atoms with van der Waals surface area (Å²) in [5, 5.41) is 16.1. The predicted molar refractivity (Wildman–Crippen MR) is 93.8 cm³/mol. The van der Waals surface area contributed by atoms with Crippen molar-refractivity contribution >= 4 is 5.96 Å². The van der Waals surface area contributed by atoms with Crippen LogP contribution in [0.1, 0.15) is 32.6 Å². The molecule has 0 bridgehead atoms. The second-order valence-electron chi connectivity index (χ2n) is 7.15. The van der Waals surface area contributed by atoms with E-state index in [1.54, 1.807) is 0 Å². The number of aliphatic hydroxyl groups excluding tert-OH is 1. The molecule has 1 unspecified atom stereocenters. The molecule has 6 nitrogen and oxygen atoms in total. The monoisotopic (exact) mass is 326 g/mol. The van der Waals surface area contributed by atoms with Gasteiger partial charge in [0.1, 0.15) is 0 Å². The van der Waals surface area contributed by atoms with Gasteiger partial charge in [-0.05, 0) is 44.7 Å². The van der Waals surface area contributed by atoms with Gasteiger partial charge in [-0.25, -0.2) is 0 Å². The smallest absolute Gasteiger partial charge is 0.191 e. The lowest BCUT2D eigenvalue weighted by atomic mass is 9.84. The number of hydrogen-bond donors (Lipinski definition) is 3. The van der Waals surface area contributed by atoms with Gasteiger partial charge in [-0.15, -0.1) is 0 Å². The molecular formula is C17H34N4O2. The summed E-state index contributed by atoms with van der Waals surface area (Å²) in [7, 11) is 1.81. The zero-order valence-corrected chi connectivity index (χ0v) is 14.8. The van der Waals surface area contributed by atoms with Crippen molar-refractivity contribution in [2.75, 3.05) is 59.6 Å². The Morgan fingerprint density at radius 1 is 1.35 bits per heavy atom. The SMILES string of the molecule is CN=C(NCCN1CCC(C)CC1)NCC1(CCO)CCOC1. The number of rotatable bonds is 7. The molecule has 0 amide bonds. The molecular weight excluding hydrogens is 292 g/mol. The quantitative estimate of drug-likeness (QED) is 0.474. The summed E-state index contributed by atoms with van der Waals surface area (Å²) >= 11 is 0. The van der Waals surface area contributed by atoms with E-state index in [-0.39, 0.29) is 12.0 Å². The maximum absolute atomic E-state index is 9.28. The maximum atomic E-state index is 9.28. The average molecular weight is 326 g/mol. The largest absolute Gasteiger partial charge is 0.396 e. The van der Waals surface area contributed by atoms with Gasteiger partial charge in [0.15, 0.2) is 5.96 Å². The summed E-state index contributed by atoms with van der Waals surface area (Å²) in [6, 6.07) is 0. The molecule has 3 N–H and O–H groups in total. The van der Waals surface area contributed by atoms with Crippen LogP contribution in [-0.4, -0.2) is 75.6 Å². The van der Waals surface area contributed by atoms with Crippen LogP contribution in [0, 0.1) is 11.3 Å². The molecule has 6 heteroatoms. The molecule has 1 atom stereocenters. The molecule has 2 aliphatic heterocycles. The molecule has 2 saturated heterocycles. The highest BCUT2D eigenvalue weighted by molar-refractivity contribution is 5.79. The van der Waals surface area contributed by atoms with Crippen LogP contribution < -0.4 is 10.6 Å². The highest BCUT2D eigenvalue weighted by atomic mass is 16.5. The zero-order chi connectivity index (χ0) is 16.5. The third kappa shape index (κ3) is 5.94. The van der Waals surface area contributed by atoms with E-state index < -0.39 is 0 Å². The van der Waals surface area contributed by atoms with Crippen LogP contribution in [0.2, 0.25) is 0 Å². The van der Waals surface area contributed by atoms with Gasteiger partial charge in [0.05, 0.1) is 6.61 Å². The van der Waals surface area contributed by atoms with Crippen molar-refractivity contribution in [1.29, 1.82) is 0 Å². The molecule has 134 valence electrons. The molecule has 2 heterocycles. The minimum absolute atomic E-state index is 0.0510. The molecule has 0 spiro atoms. The number of ether oxygens (including phenoxy) is 1. The Bertz CT molecular complexity index is 362. The number of nitrogens with one attached hydrogen (secondary N) is 2. The molecule has 2 rings (SSSR count). The standard InChI is InChI=1S/C17H34N4O2/c1-15-3-8-21(9-4-15)10-7-19-16(18-2)20-13-17(5-11-22)6-12-23-14-17/h15,22H,3-14H2,1-2H3,(H2,18,19,20). The average Bonchev–Trinajstić information content (AvgIpc) is 3.02. The van der Waals surface area contributed by atoms with Gasteiger partial charge in [-0.3, -0.25) is 4.99 Å². The fourth-order valence-electron chi connectivity index (χ4n) is 3.42. The van der Waals surface area contributed by atoms with Crippen molar-refractivity contribution in [3.63, 3.8) is 0 Å². The second-order valence-corrected chi connectivity index (χ2v) is 7.15. The Balaban J connectivity index is 1.67. The summed E-state index contributed by atoms with van der Waals surface area (Å²) in [6.45, 7) is 9.29. The number of piperidine rings is 1. The number of hydrogen-bond acceptors (Lipinski definition) is 4. The second kappa shape index (κ2) is 9.45. The van der Waals surface area contributed by atoms with Gasteiger partial charge < -0.3 is 25.4 Å². The first-order valence-electron chi connectivity index (χ1n) is 9.03. The number of likely N-dealkylation sites (tertiary alicyclic amines) is 1. The van der Waals surface area contributed by atoms with Crippen molar-refractivity contribution in [1.82, 2.24) is 15.5 Å². The van der Waals surface area contributed by atoms with Crippen molar-refractivity contribution in [3.05, 3.63) is 0 Å². The molecule has 0 aliphatic carbocycles. The van der Waals surface area contributed by atoms with Crippen molar-refractivity contribution < 1.29 is 9.84 Å². The van der Waals surface area contributed by atoms with Crippen LogP contribution in [0.4, 0.5) is 0 Å². The summed E-state index contributed by atoms with van der Waals surface area (Å²) in [5.74, 6) is 1.73. The third-order valence-corrected chi connectivity index (χ3v) is 5.28. The van der Waals surface area contributed by atoms with Gasteiger partial charge in [0, 0.05) is 45.3 Å². The highest BCUT2D eigenvalue weighted by Crippen LogP contribution is 2.31. The summed E-state index contributed by atoms with van der Waals surface area (Å²) in [5.41, 5.74) is 0.0510. The number of aliphatic hydroxyl groups is 1. The topological polar surface area (TPSA) is 69.1 Å². The van der Waals surface area contributed by atoms with E-state index in [1.807, 2.05) is 7.05 Å². The highest BCUT2D eigenvalue weighted by Gasteiger charge is 2.34. The molecule has 2 aliphatic rings. The van der Waals surface area contributed by atoms with E-state index in [2.05, 4.69) is 27.4 Å². The first kappa shape index (κ1) is 18.5. The van der Waals surface area contributed by atoms with Crippen molar-refractivity contribution in [2.45, 2.75) is 32.6 Å². The molecule has 0 aromatic rings. The fourth-order valence-corrected chi connectivity index (χ4v) is 3.42. The van der Waals surface area contributed by atoms with Crippen molar-refractivity contribution in [2.24, 2.45) is 16.3 Å². The van der Waals surface area contributed by atoms with E-state index in [0.717, 1.165) is 57.6 Å². The lowest BCUT2D eigenvalue weighted by Crippen LogP contribution is -2.46. The Kier molecular flexibility index (Phi) is 7.59. The van der Waals surface area contributed by atoms with Gasteiger partial charge in [-0.2, -0.15) is 0 Å². The lowest BCUT2D eigenvalue weighted by Gasteiger charge is -2.30. The number of aliphatic imine (C=N–C) groups is 1. The fraction of sp³-hybridized carbons (Fsp3) is 0.941. The molecule has 0 aromatic heterocycles. The van der Waals surface area contributed by atoms with Crippen LogP contribution >= 0.6 is 0 Å². The predicted octanol–water partition coefficient (Wildman–Crippen LogP) is 0.672. The Hall–Kier alpha value is -0.850. The first-order valence-corrected chi connectivity index (χ1v) is 9.03. The van der Waals surface area contributed by atoms with Gasteiger partial charge >= 0.3 is 0 Å². The van der Waals surface area contributed by atoms with E-state index in [0.29, 0.717) is 0 Å². The summed E-state index contributed by atoms with van der Waals surface area (Å²) < 4.78 is 5.53. The third-order valence-electron chi connectivity index (χ3n) is 5.28. The Morgan fingerprint density at radius 3 is 2.74 bits per heavy atom. The minimum atomic E-state index is 0.0510. The molecule has 0 saturated carbocycles. The van der Waals surface area contributed by atoms with E-state index in [1.165, 1.54) is 25.9 Å². The summed E-state index contributed by atoms with van der Waals surface area (Å²) in [4.78, 5) is 6.83.